The van der Waals surface area contributed by atoms with E-state index >= 15 is 0 Å². The van der Waals surface area contributed by atoms with E-state index in [2.05, 4.69) is 24.0 Å². The molecule has 0 radical (unpaired) electrons. The average Bonchev–Trinajstić information content (AvgIpc) is 2.63. The van der Waals surface area contributed by atoms with Crippen molar-refractivity contribution in [2.24, 2.45) is 5.41 Å². The Balaban J connectivity index is 1.96. The standard InChI is InChI=1S/C9H12N2O3S/c1-9(2)3-5(9)7-10-11-8(14-7)15-4-6(12)13/h5H,3-4H2,1-2H3,(H,12,13). The van der Waals surface area contributed by atoms with Crippen LogP contribution < -0.4 is 0 Å². The fourth-order valence-electron chi connectivity index (χ4n) is 1.43. The van der Waals surface area contributed by atoms with E-state index in [1.165, 1.54) is 0 Å². The Labute approximate surface area is 91.3 Å². The predicted molar refractivity (Wildman–Crippen MR) is 53.8 cm³/mol. The number of aliphatic carboxylic acids is 1. The highest BCUT2D eigenvalue weighted by Gasteiger charge is 2.50. The second-order valence-corrected chi connectivity index (χ2v) is 5.26. The maximum absolute atomic E-state index is 10.3. The molecule has 1 aromatic heterocycles. The summed E-state index contributed by atoms with van der Waals surface area (Å²) >= 11 is 1.05. The van der Waals surface area contributed by atoms with Crippen LogP contribution in [0.4, 0.5) is 0 Å². The van der Waals surface area contributed by atoms with Crippen LogP contribution in [0.2, 0.25) is 0 Å². The zero-order chi connectivity index (χ0) is 11.1. The molecule has 1 atom stereocenters. The van der Waals surface area contributed by atoms with Gasteiger partial charge in [-0.3, -0.25) is 4.79 Å². The molecule has 0 bridgehead atoms. The highest BCUT2D eigenvalue weighted by atomic mass is 32.2. The Hall–Kier alpha value is -1.04. The summed E-state index contributed by atoms with van der Waals surface area (Å²) in [6, 6.07) is 0. The first-order valence-electron chi connectivity index (χ1n) is 4.67. The van der Waals surface area contributed by atoms with Gasteiger partial charge in [0.1, 0.15) is 5.75 Å². The molecule has 0 aliphatic heterocycles. The third-order valence-corrected chi connectivity index (χ3v) is 3.36. The van der Waals surface area contributed by atoms with Gasteiger partial charge in [-0.2, -0.15) is 0 Å². The van der Waals surface area contributed by atoms with Gasteiger partial charge >= 0.3 is 5.97 Å². The molecule has 1 N–H and O–H groups in total. The van der Waals surface area contributed by atoms with Crippen LogP contribution in [0.1, 0.15) is 32.1 Å². The quantitative estimate of drug-likeness (QED) is 0.791. The summed E-state index contributed by atoms with van der Waals surface area (Å²) < 4.78 is 5.37. The minimum Gasteiger partial charge on any atom is -0.481 e. The zero-order valence-electron chi connectivity index (χ0n) is 8.56. The lowest BCUT2D eigenvalue weighted by Crippen LogP contribution is -1.97. The number of carboxylic acid groups (broad SMARTS) is 1. The zero-order valence-corrected chi connectivity index (χ0v) is 9.37. The van der Waals surface area contributed by atoms with Crippen molar-refractivity contribution in [1.82, 2.24) is 10.2 Å². The highest BCUT2D eigenvalue weighted by molar-refractivity contribution is 7.99. The largest absolute Gasteiger partial charge is 0.481 e. The molecule has 82 valence electrons. The van der Waals surface area contributed by atoms with Crippen molar-refractivity contribution in [3.05, 3.63) is 5.89 Å². The molecule has 1 aliphatic rings. The molecule has 1 unspecified atom stereocenters. The molecule has 1 aromatic rings. The molecule has 6 heteroatoms. The van der Waals surface area contributed by atoms with Crippen LogP contribution >= 0.6 is 11.8 Å². The number of hydrogen-bond acceptors (Lipinski definition) is 5. The lowest BCUT2D eigenvalue weighted by atomic mass is 10.1. The molecule has 1 aliphatic carbocycles. The normalized spacial score (nSPS) is 22.7. The maximum atomic E-state index is 10.3. The molecule has 0 saturated heterocycles. The second-order valence-electron chi connectivity index (χ2n) is 4.33. The monoisotopic (exact) mass is 228 g/mol. The van der Waals surface area contributed by atoms with Crippen LogP contribution in [-0.4, -0.2) is 27.0 Å². The SMILES string of the molecule is CC1(C)CC1c1nnc(SCC(=O)O)o1. The van der Waals surface area contributed by atoms with E-state index in [-0.39, 0.29) is 11.2 Å². The summed E-state index contributed by atoms with van der Waals surface area (Å²) in [7, 11) is 0. The molecule has 0 amide bonds. The van der Waals surface area contributed by atoms with Crippen LogP contribution in [-0.2, 0) is 4.79 Å². The Morgan fingerprint density at radius 2 is 2.33 bits per heavy atom. The summed E-state index contributed by atoms with van der Waals surface area (Å²) in [6.07, 6.45) is 1.05. The number of rotatable bonds is 4. The van der Waals surface area contributed by atoms with Gasteiger partial charge < -0.3 is 9.52 Å². The van der Waals surface area contributed by atoms with Crippen LogP contribution in [0.25, 0.3) is 0 Å². The first-order chi connectivity index (χ1) is 6.99. The van der Waals surface area contributed by atoms with Gasteiger partial charge in [-0.15, -0.1) is 10.2 Å². The Morgan fingerprint density at radius 3 is 2.87 bits per heavy atom. The molecule has 1 heterocycles. The number of nitrogens with zero attached hydrogens (tertiary/aromatic N) is 2. The van der Waals surface area contributed by atoms with Crippen LogP contribution in [0, 0.1) is 5.41 Å². The lowest BCUT2D eigenvalue weighted by Gasteiger charge is -1.96. The molecule has 2 rings (SSSR count). The number of thioether (sulfide) groups is 1. The fraction of sp³-hybridized carbons (Fsp3) is 0.667. The smallest absolute Gasteiger partial charge is 0.314 e. The van der Waals surface area contributed by atoms with Gasteiger partial charge in [0.25, 0.3) is 5.22 Å². The van der Waals surface area contributed by atoms with Gasteiger partial charge in [-0.25, -0.2) is 0 Å². The second kappa shape index (κ2) is 3.52. The summed E-state index contributed by atoms with van der Waals surface area (Å²) in [5, 5.41) is 16.5. The fourth-order valence-corrected chi connectivity index (χ4v) is 1.92. The Morgan fingerprint density at radius 1 is 1.67 bits per heavy atom. The third-order valence-electron chi connectivity index (χ3n) is 2.55. The van der Waals surface area contributed by atoms with Crippen molar-refractivity contribution in [1.29, 1.82) is 0 Å². The van der Waals surface area contributed by atoms with Crippen molar-refractivity contribution in [2.45, 2.75) is 31.4 Å². The van der Waals surface area contributed by atoms with Crippen LogP contribution in [0.15, 0.2) is 9.64 Å². The first kappa shape index (κ1) is 10.5. The molecular formula is C9H12N2O3S. The lowest BCUT2D eigenvalue weighted by molar-refractivity contribution is -0.133. The van der Waals surface area contributed by atoms with Gasteiger partial charge in [0.2, 0.25) is 5.89 Å². The summed E-state index contributed by atoms with van der Waals surface area (Å²) in [4.78, 5) is 10.3. The van der Waals surface area contributed by atoms with Gasteiger partial charge in [0.15, 0.2) is 0 Å². The van der Waals surface area contributed by atoms with Crippen molar-refractivity contribution < 1.29 is 14.3 Å². The Kier molecular flexibility index (Phi) is 2.46. The minimum atomic E-state index is -0.883. The van der Waals surface area contributed by atoms with Gasteiger partial charge in [-0.1, -0.05) is 25.6 Å². The van der Waals surface area contributed by atoms with Gasteiger partial charge in [0, 0.05) is 5.92 Å². The topological polar surface area (TPSA) is 76.2 Å². The molecule has 0 aromatic carbocycles. The van der Waals surface area contributed by atoms with Gasteiger partial charge in [-0.05, 0) is 11.8 Å². The van der Waals surface area contributed by atoms with Crippen molar-refractivity contribution in [2.75, 3.05) is 5.75 Å². The first-order valence-corrected chi connectivity index (χ1v) is 5.65. The van der Waals surface area contributed by atoms with E-state index in [1.54, 1.807) is 0 Å². The van der Waals surface area contributed by atoms with E-state index in [1.807, 2.05) is 0 Å². The van der Waals surface area contributed by atoms with Crippen LogP contribution in [0.3, 0.4) is 0 Å². The summed E-state index contributed by atoms with van der Waals surface area (Å²) in [5.74, 6) is 0.0407. The predicted octanol–water partition coefficient (Wildman–Crippen LogP) is 1.76. The number of aromatic nitrogens is 2. The number of carbonyl (C=O) groups is 1. The number of carboxylic acids is 1. The summed E-state index contributed by atoms with van der Waals surface area (Å²) in [6.45, 7) is 4.29. The van der Waals surface area contributed by atoms with E-state index in [0.29, 0.717) is 17.0 Å². The van der Waals surface area contributed by atoms with E-state index in [9.17, 15) is 4.79 Å². The summed E-state index contributed by atoms with van der Waals surface area (Å²) in [5.41, 5.74) is 0.251. The highest BCUT2D eigenvalue weighted by Crippen LogP contribution is 2.58. The molecular weight excluding hydrogens is 216 g/mol. The van der Waals surface area contributed by atoms with Crippen molar-refractivity contribution in [3.8, 4) is 0 Å². The van der Waals surface area contributed by atoms with Gasteiger partial charge in [0.05, 0.1) is 0 Å². The molecule has 15 heavy (non-hydrogen) atoms. The maximum Gasteiger partial charge on any atom is 0.314 e. The Bertz CT molecular complexity index is 388. The number of hydrogen-bond donors (Lipinski definition) is 1. The molecule has 1 saturated carbocycles. The van der Waals surface area contributed by atoms with Crippen molar-refractivity contribution >= 4 is 17.7 Å². The molecule has 1 fully saturated rings. The third kappa shape index (κ3) is 2.31. The van der Waals surface area contributed by atoms with Crippen molar-refractivity contribution in [3.63, 3.8) is 0 Å². The van der Waals surface area contributed by atoms with E-state index < -0.39 is 5.97 Å². The van der Waals surface area contributed by atoms with E-state index in [0.717, 1.165) is 18.2 Å². The van der Waals surface area contributed by atoms with Crippen LogP contribution in [0.5, 0.6) is 0 Å². The minimum absolute atomic E-state index is 0.0459. The van der Waals surface area contributed by atoms with E-state index in [4.69, 9.17) is 9.52 Å². The molecule has 5 nitrogen and oxygen atoms in total. The molecule has 0 spiro atoms. The average molecular weight is 228 g/mol.